The van der Waals surface area contributed by atoms with Gasteiger partial charge in [-0.2, -0.15) is 0 Å². The molecule has 0 N–H and O–H groups in total. The lowest BCUT2D eigenvalue weighted by molar-refractivity contribution is -0.427. The van der Waals surface area contributed by atoms with Crippen molar-refractivity contribution in [2.75, 3.05) is 0 Å². The Morgan fingerprint density at radius 2 is 1.37 bits per heavy atom. The van der Waals surface area contributed by atoms with E-state index in [4.69, 9.17) is 0 Å². The minimum Gasteiger partial charge on any atom is -0.291 e. The summed E-state index contributed by atoms with van der Waals surface area (Å²) in [5, 5.41) is 22.1. The third-order valence-corrected chi connectivity index (χ3v) is 3.79. The van der Waals surface area contributed by atoms with Crippen LogP contribution < -0.4 is 0 Å². The molecule has 0 saturated carbocycles. The van der Waals surface area contributed by atoms with Crippen molar-refractivity contribution >= 4 is 6.29 Å². The van der Waals surface area contributed by atoms with Crippen LogP contribution in [0.25, 0.3) is 0 Å². The van der Waals surface area contributed by atoms with Crippen molar-refractivity contribution < 1.29 is 14.6 Å². The molecule has 7 nitrogen and oxygen atoms in total. The van der Waals surface area contributed by atoms with E-state index in [1.54, 1.807) is 24.5 Å². The van der Waals surface area contributed by atoms with Crippen molar-refractivity contribution in [1.82, 2.24) is 0 Å². The number of carbonyl (C=O) groups excluding carboxylic acids is 1. The number of hydrogen-bond acceptors (Lipinski definition) is 5. The summed E-state index contributed by atoms with van der Waals surface area (Å²) in [6, 6.07) is 0. The molecule has 0 aliphatic carbocycles. The van der Waals surface area contributed by atoms with E-state index in [2.05, 4.69) is 6.92 Å². The highest BCUT2D eigenvalue weighted by Crippen LogP contribution is 2.11. The van der Waals surface area contributed by atoms with Crippen LogP contribution in [-0.4, -0.2) is 16.1 Å². The van der Waals surface area contributed by atoms with Crippen molar-refractivity contribution in [1.29, 1.82) is 0 Å². The summed E-state index contributed by atoms with van der Waals surface area (Å²) < 4.78 is 0. The molecule has 0 saturated heterocycles. The molecule has 1 radical (unpaired) electrons. The van der Waals surface area contributed by atoms with Crippen LogP contribution >= 0.6 is 0 Å². The second kappa shape index (κ2) is 16.9. The number of nitro groups is 2. The Hall–Kier alpha value is -2.57. The van der Waals surface area contributed by atoms with Crippen molar-refractivity contribution in [2.24, 2.45) is 0 Å². The molecule has 0 aliphatic rings. The molecule has 149 valence electrons. The molecule has 7 heteroatoms. The largest absolute Gasteiger partial charge is 0.291 e. The molecule has 0 fully saturated rings. The number of nitrogens with zero attached hydrogens (tertiary/aromatic N) is 2. The zero-order valence-electron chi connectivity index (χ0n) is 16.0. The molecule has 0 bridgehead atoms. The fourth-order valence-electron chi connectivity index (χ4n) is 2.24. The van der Waals surface area contributed by atoms with Gasteiger partial charge in [-0.15, -0.1) is 0 Å². The highest BCUT2D eigenvalue weighted by molar-refractivity contribution is 5.50. The van der Waals surface area contributed by atoms with Gasteiger partial charge >= 0.3 is 0 Å². The topological polar surface area (TPSA) is 103 Å². The van der Waals surface area contributed by atoms with Crippen LogP contribution in [0.2, 0.25) is 0 Å². The van der Waals surface area contributed by atoms with Gasteiger partial charge in [0.05, 0.1) is 22.7 Å². The summed E-state index contributed by atoms with van der Waals surface area (Å²) in [6.07, 6.45) is 18.2. The van der Waals surface area contributed by atoms with E-state index in [-0.39, 0.29) is 30.7 Å². The maximum absolute atomic E-state index is 11.1. The number of hydrogen-bond donors (Lipinski definition) is 0. The molecule has 0 amide bonds. The molecular weight excluding hydrogens is 348 g/mol. The first-order chi connectivity index (χ1) is 13.0. The zero-order valence-corrected chi connectivity index (χ0v) is 16.0. The first-order valence-corrected chi connectivity index (χ1v) is 9.34. The average molecular weight is 377 g/mol. The van der Waals surface area contributed by atoms with Crippen molar-refractivity contribution in [3.05, 3.63) is 68.1 Å². The molecule has 0 aliphatic heterocycles. The normalized spacial score (nSPS) is 12.8. The lowest BCUT2D eigenvalue weighted by atomic mass is 10.1. The van der Waals surface area contributed by atoms with Crippen molar-refractivity contribution in [3.8, 4) is 0 Å². The van der Waals surface area contributed by atoms with E-state index in [1.807, 2.05) is 6.08 Å². The predicted octanol–water partition coefficient (Wildman–Crippen LogP) is 5.45. The Balaban J connectivity index is 4.61. The van der Waals surface area contributed by atoms with E-state index < -0.39 is 9.85 Å². The van der Waals surface area contributed by atoms with Crippen LogP contribution in [0.5, 0.6) is 0 Å². The molecule has 0 aromatic rings. The Labute approximate surface area is 160 Å². The molecule has 0 spiro atoms. The minimum absolute atomic E-state index is 0.00209. The monoisotopic (exact) mass is 377 g/mol. The Kier molecular flexibility index (Phi) is 15.3. The van der Waals surface area contributed by atoms with Gasteiger partial charge in [-0.05, 0) is 44.3 Å². The zero-order chi connectivity index (χ0) is 20.3. The van der Waals surface area contributed by atoms with E-state index >= 15 is 0 Å². The average Bonchev–Trinajstić information content (AvgIpc) is 2.63. The SMILES string of the molecule is CCCCC/C=C\C/C(=C\C/C=C(\C/C=C\CCC[C]=O)[N+](=O)[O-])[N+](=O)[O-]. The standard InChI is InChI=1S/C20H29N2O5/c1-2-3-4-5-7-10-14-19(21(24)25)16-13-17-20(22(26)27)15-11-8-6-9-12-18-23/h7-8,10-11,16-17H,2-6,9,12-15H2,1H3/b10-7-,11-8-,19-16+,20-17+. The lowest BCUT2D eigenvalue weighted by Gasteiger charge is -1.96. The highest BCUT2D eigenvalue weighted by atomic mass is 16.6. The van der Waals surface area contributed by atoms with Gasteiger partial charge in [-0.3, -0.25) is 25.0 Å². The summed E-state index contributed by atoms with van der Waals surface area (Å²) in [7, 11) is 0. The summed E-state index contributed by atoms with van der Waals surface area (Å²) in [6.45, 7) is 2.12. The number of rotatable bonds is 16. The third kappa shape index (κ3) is 14.3. The number of allylic oxidation sites excluding steroid dienone is 6. The lowest BCUT2D eigenvalue weighted by Crippen LogP contribution is -1.99. The highest BCUT2D eigenvalue weighted by Gasteiger charge is 2.10. The van der Waals surface area contributed by atoms with Gasteiger partial charge < -0.3 is 0 Å². The Morgan fingerprint density at radius 1 is 0.852 bits per heavy atom. The molecule has 0 rings (SSSR count). The molecule has 0 heterocycles. The second-order valence-corrected chi connectivity index (χ2v) is 6.02. The van der Waals surface area contributed by atoms with Gasteiger partial charge in [0.15, 0.2) is 6.29 Å². The van der Waals surface area contributed by atoms with Crippen LogP contribution in [0, 0.1) is 20.2 Å². The van der Waals surface area contributed by atoms with Crippen LogP contribution in [0.15, 0.2) is 47.9 Å². The van der Waals surface area contributed by atoms with Gasteiger partial charge in [0.25, 0.3) is 0 Å². The van der Waals surface area contributed by atoms with E-state index in [1.165, 1.54) is 12.2 Å². The first kappa shape index (κ1) is 24.4. The van der Waals surface area contributed by atoms with E-state index in [0.717, 1.165) is 25.7 Å². The summed E-state index contributed by atoms with van der Waals surface area (Å²) in [5.41, 5.74) is 0.0450. The van der Waals surface area contributed by atoms with Gasteiger partial charge in [0, 0.05) is 6.42 Å². The van der Waals surface area contributed by atoms with Crippen LogP contribution in [0.3, 0.4) is 0 Å². The minimum atomic E-state index is -0.475. The second-order valence-electron chi connectivity index (χ2n) is 6.02. The van der Waals surface area contributed by atoms with Gasteiger partial charge in [0.1, 0.15) is 0 Å². The Morgan fingerprint density at radius 3 is 1.81 bits per heavy atom. The van der Waals surface area contributed by atoms with Crippen LogP contribution in [-0.2, 0) is 4.79 Å². The third-order valence-electron chi connectivity index (χ3n) is 3.79. The van der Waals surface area contributed by atoms with Crippen molar-refractivity contribution in [3.63, 3.8) is 0 Å². The fourth-order valence-corrected chi connectivity index (χ4v) is 2.24. The quantitative estimate of drug-likeness (QED) is 0.154. The van der Waals surface area contributed by atoms with Crippen LogP contribution in [0.4, 0.5) is 0 Å². The fraction of sp³-hybridized carbons (Fsp3) is 0.550. The maximum Gasteiger partial charge on any atom is 0.246 e. The summed E-state index contributed by atoms with van der Waals surface area (Å²) in [5.74, 6) is 0. The van der Waals surface area contributed by atoms with Gasteiger partial charge in [0.2, 0.25) is 11.4 Å². The number of unbranched alkanes of at least 4 members (excludes halogenated alkanes) is 5. The van der Waals surface area contributed by atoms with Gasteiger partial charge in [-0.25, -0.2) is 0 Å². The van der Waals surface area contributed by atoms with E-state index in [9.17, 15) is 25.0 Å². The van der Waals surface area contributed by atoms with Crippen LogP contribution in [0.1, 0.15) is 71.1 Å². The first-order valence-electron chi connectivity index (χ1n) is 9.34. The molecule has 27 heavy (non-hydrogen) atoms. The summed E-state index contributed by atoms with van der Waals surface area (Å²) in [4.78, 5) is 31.3. The molecule has 0 aromatic carbocycles. The molecule has 0 atom stereocenters. The Bertz CT molecular complexity index is 577. The molecule has 0 aromatic heterocycles. The smallest absolute Gasteiger partial charge is 0.246 e. The van der Waals surface area contributed by atoms with Gasteiger partial charge in [-0.1, -0.05) is 44.1 Å². The summed E-state index contributed by atoms with van der Waals surface area (Å²) >= 11 is 0. The maximum atomic E-state index is 11.1. The predicted molar refractivity (Wildman–Crippen MR) is 106 cm³/mol. The van der Waals surface area contributed by atoms with E-state index in [0.29, 0.717) is 19.3 Å². The molecule has 0 unspecified atom stereocenters. The molecular formula is C20H29N2O5. The van der Waals surface area contributed by atoms with Crippen molar-refractivity contribution in [2.45, 2.75) is 71.1 Å².